The van der Waals surface area contributed by atoms with Gasteiger partial charge in [0.2, 0.25) is 5.91 Å². The Morgan fingerprint density at radius 2 is 1.72 bits per heavy atom. The van der Waals surface area contributed by atoms with Gasteiger partial charge in [-0.15, -0.1) is 0 Å². The lowest BCUT2D eigenvalue weighted by Gasteiger charge is -2.39. The predicted octanol–water partition coefficient (Wildman–Crippen LogP) is 5.29. The summed E-state index contributed by atoms with van der Waals surface area (Å²) in [6.45, 7) is 9.36. The van der Waals surface area contributed by atoms with Crippen LogP contribution in [0.3, 0.4) is 0 Å². The fourth-order valence-electron chi connectivity index (χ4n) is 5.76. The van der Waals surface area contributed by atoms with Crippen molar-refractivity contribution in [2.75, 3.05) is 51.4 Å². The monoisotopic (exact) mass is 666 g/mol. The minimum absolute atomic E-state index is 0.00833. The molecule has 3 aliphatic rings. The molecule has 0 bridgehead atoms. The summed E-state index contributed by atoms with van der Waals surface area (Å²) in [6, 6.07) is 1.88. The van der Waals surface area contributed by atoms with Gasteiger partial charge >= 0.3 is 6.09 Å². The number of piperazine rings is 1. The summed E-state index contributed by atoms with van der Waals surface area (Å²) < 4.78 is 73.4. The molecule has 5 rings (SSSR count). The summed E-state index contributed by atoms with van der Waals surface area (Å²) in [6.07, 6.45) is -3.49. The first-order chi connectivity index (χ1) is 22.2. The summed E-state index contributed by atoms with van der Waals surface area (Å²) in [5.74, 6) is -1.09. The Balaban J connectivity index is 1.53. The second-order valence-corrected chi connectivity index (χ2v) is 13.2. The number of rotatable bonds is 10. The molecule has 3 fully saturated rings. The van der Waals surface area contributed by atoms with Crippen molar-refractivity contribution in [1.82, 2.24) is 25.1 Å². The number of nitrogens with zero attached hydrogens (tertiary/aromatic N) is 4. The second kappa shape index (κ2) is 13.9. The Bertz CT molecular complexity index is 1460. The van der Waals surface area contributed by atoms with E-state index < -0.39 is 66.0 Å². The maximum absolute atomic E-state index is 15.2. The van der Waals surface area contributed by atoms with Crippen LogP contribution in [-0.4, -0.2) is 89.0 Å². The standard InChI is InChI=1S/C32H42F4N6O5/c1-18(20-7-6-8-21(23(20)34)26(35)36)37-27-22(29-45-15-16-46-29)24(38-19(2)39-27)25(28(43)40-32(17-33)9-10-32)41-11-13-42(14-12-41)30(44)47-31(3,4)5/h6-8,18,25-26,29H,9-17H2,1-5H3,(H,40,43)(H,37,38,39)/t18-,25?/m1/s1. The van der Waals surface area contributed by atoms with Crippen molar-refractivity contribution in [2.45, 2.75) is 83.4 Å². The summed E-state index contributed by atoms with van der Waals surface area (Å²) in [5, 5.41) is 6.01. The number of hydrogen-bond acceptors (Lipinski definition) is 9. The van der Waals surface area contributed by atoms with E-state index in [1.165, 1.54) is 12.1 Å². The number of aromatic nitrogens is 2. The third-order valence-electron chi connectivity index (χ3n) is 8.39. The predicted molar refractivity (Wildman–Crippen MR) is 163 cm³/mol. The van der Waals surface area contributed by atoms with Gasteiger partial charge in [0.15, 0.2) is 6.29 Å². The molecule has 2 aliphatic heterocycles. The smallest absolute Gasteiger partial charge is 0.410 e. The number of ether oxygens (including phenoxy) is 3. The fourth-order valence-corrected chi connectivity index (χ4v) is 5.76. The van der Waals surface area contributed by atoms with Crippen LogP contribution in [0.2, 0.25) is 0 Å². The van der Waals surface area contributed by atoms with E-state index in [1.807, 2.05) is 4.90 Å². The van der Waals surface area contributed by atoms with Crippen LogP contribution in [0, 0.1) is 12.7 Å². The molecule has 11 nitrogen and oxygen atoms in total. The summed E-state index contributed by atoms with van der Waals surface area (Å²) >= 11 is 0. The SMILES string of the molecule is Cc1nc(N[C@H](C)c2cccc(C(F)F)c2F)c(C2OCCO2)c(C(C(=O)NC2(CF)CC2)N2CCN(C(=O)OC(C)(C)C)CC2)n1. The quantitative estimate of drug-likeness (QED) is 0.326. The number of benzene rings is 1. The molecule has 0 spiro atoms. The van der Waals surface area contributed by atoms with Gasteiger partial charge < -0.3 is 29.7 Å². The first kappa shape index (κ1) is 34.8. The molecule has 47 heavy (non-hydrogen) atoms. The highest BCUT2D eigenvalue weighted by atomic mass is 19.3. The molecule has 2 saturated heterocycles. The number of carbonyl (C=O) groups excluding carboxylic acids is 2. The van der Waals surface area contributed by atoms with Crippen LogP contribution in [0.4, 0.5) is 28.2 Å². The number of alkyl halides is 3. The van der Waals surface area contributed by atoms with E-state index in [2.05, 4.69) is 15.6 Å². The van der Waals surface area contributed by atoms with E-state index in [1.54, 1.807) is 39.5 Å². The third kappa shape index (κ3) is 7.95. The molecule has 1 unspecified atom stereocenters. The van der Waals surface area contributed by atoms with E-state index >= 15 is 4.39 Å². The average Bonchev–Trinajstić information content (AvgIpc) is 3.56. The highest BCUT2D eigenvalue weighted by Crippen LogP contribution is 2.40. The lowest BCUT2D eigenvalue weighted by Crippen LogP contribution is -2.54. The van der Waals surface area contributed by atoms with E-state index in [9.17, 15) is 22.8 Å². The van der Waals surface area contributed by atoms with Crippen molar-refractivity contribution < 1.29 is 41.4 Å². The molecule has 15 heteroatoms. The van der Waals surface area contributed by atoms with Crippen LogP contribution >= 0.6 is 0 Å². The van der Waals surface area contributed by atoms with Gasteiger partial charge in [0.25, 0.3) is 6.43 Å². The third-order valence-corrected chi connectivity index (χ3v) is 8.39. The van der Waals surface area contributed by atoms with Crippen LogP contribution in [0.15, 0.2) is 18.2 Å². The van der Waals surface area contributed by atoms with Gasteiger partial charge in [0.1, 0.15) is 35.8 Å². The van der Waals surface area contributed by atoms with Crippen LogP contribution in [0.25, 0.3) is 0 Å². The largest absolute Gasteiger partial charge is 0.444 e. The van der Waals surface area contributed by atoms with Crippen molar-refractivity contribution in [2.24, 2.45) is 0 Å². The Morgan fingerprint density at radius 3 is 2.30 bits per heavy atom. The van der Waals surface area contributed by atoms with Gasteiger partial charge in [0.05, 0.1) is 41.6 Å². The van der Waals surface area contributed by atoms with Crippen molar-refractivity contribution in [3.8, 4) is 0 Å². The zero-order valence-corrected chi connectivity index (χ0v) is 27.2. The molecule has 0 radical (unpaired) electrons. The zero-order valence-electron chi connectivity index (χ0n) is 27.2. The maximum atomic E-state index is 15.2. The molecule has 1 saturated carbocycles. The van der Waals surface area contributed by atoms with Crippen molar-refractivity contribution in [1.29, 1.82) is 0 Å². The molecule has 2 N–H and O–H groups in total. The molecular formula is C32H42F4N6O5. The molecule has 1 aromatic heterocycles. The number of halogens is 4. The van der Waals surface area contributed by atoms with Gasteiger partial charge in [-0.3, -0.25) is 9.69 Å². The number of carbonyl (C=O) groups is 2. The average molecular weight is 667 g/mol. The number of hydrogen-bond donors (Lipinski definition) is 2. The van der Waals surface area contributed by atoms with Gasteiger partial charge in [-0.25, -0.2) is 32.3 Å². The second-order valence-electron chi connectivity index (χ2n) is 13.2. The van der Waals surface area contributed by atoms with E-state index in [4.69, 9.17) is 19.2 Å². The minimum Gasteiger partial charge on any atom is -0.444 e. The lowest BCUT2D eigenvalue weighted by molar-refractivity contribution is -0.129. The molecule has 2 amide bonds. The first-order valence-corrected chi connectivity index (χ1v) is 15.8. The molecule has 1 aliphatic carbocycles. The molecule has 258 valence electrons. The Kier molecular flexibility index (Phi) is 10.3. The minimum atomic E-state index is -3.00. The van der Waals surface area contributed by atoms with Gasteiger partial charge in [0, 0.05) is 31.7 Å². The summed E-state index contributed by atoms with van der Waals surface area (Å²) in [4.78, 5) is 39.6. The van der Waals surface area contributed by atoms with Crippen molar-refractivity contribution >= 4 is 17.8 Å². The number of amides is 2. The van der Waals surface area contributed by atoms with E-state index in [-0.39, 0.29) is 67.9 Å². The van der Waals surface area contributed by atoms with E-state index in [0.717, 1.165) is 6.07 Å². The Hall–Kier alpha value is -3.56. The Labute approximate surface area is 271 Å². The molecule has 3 heterocycles. The number of aryl methyl sites for hydroxylation is 1. The number of nitrogens with one attached hydrogen (secondary N) is 2. The van der Waals surface area contributed by atoms with Crippen molar-refractivity contribution in [3.63, 3.8) is 0 Å². The highest BCUT2D eigenvalue weighted by molar-refractivity contribution is 5.85. The normalized spacial score (nSPS) is 19.8. The zero-order chi connectivity index (χ0) is 34.1. The van der Waals surface area contributed by atoms with Gasteiger partial charge in [-0.2, -0.15) is 0 Å². The van der Waals surface area contributed by atoms with Crippen LogP contribution < -0.4 is 10.6 Å². The molecule has 2 aromatic rings. The van der Waals surface area contributed by atoms with Crippen LogP contribution in [0.5, 0.6) is 0 Å². The maximum Gasteiger partial charge on any atom is 0.410 e. The molecular weight excluding hydrogens is 624 g/mol. The van der Waals surface area contributed by atoms with Crippen LogP contribution in [-0.2, 0) is 19.0 Å². The molecule has 1 aromatic carbocycles. The van der Waals surface area contributed by atoms with Gasteiger partial charge in [-0.05, 0) is 47.5 Å². The Morgan fingerprint density at radius 1 is 1.09 bits per heavy atom. The van der Waals surface area contributed by atoms with Crippen molar-refractivity contribution in [3.05, 3.63) is 52.2 Å². The molecule has 2 atom stereocenters. The summed E-state index contributed by atoms with van der Waals surface area (Å²) in [5.41, 5.74) is -1.85. The fraction of sp³-hybridized carbons (Fsp3) is 0.625. The first-order valence-electron chi connectivity index (χ1n) is 15.8. The van der Waals surface area contributed by atoms with Gasteiger partial charge in [-0.1, -0.05) is 18.2 Å². The number of anilines is 1. The van der Waals surface area contributed by atoms with E-state index in [0.29, 0.717) is 12.8 Å². The highest BCUT2D eigenvalue weighted by Gasteiger charge is 2.47. The summed E-state index contributed by atoms with van der Waals surface area (Å²) in [7, 11) is 0. The topological polar surface area (TPSA) is 118 Å². The lowest BCUT2D eigenvalue weighted by atomic mass is 10.0. The van der Waals surface area contributed by atoms with Crippen LogP contribution in [0.1, 0.15) is 93.5 Å².